The predicted octanol–water partition coefficient (Wildman–Crippen LogP) is 1.10. The summed E-state index contributed by atoms with van der Waals surface area (Å²) in [4.78, 5) is 10.8. The SMILES string of the molecule is CC[C@@H](C(=O)O)C1CCNCC1. The van der Waals surface area contributed by atoms with Crippen LogP contribution in [0.4, 0.5) is 0 Å². The molecule has 3 nitrogen and oxygen atoms in total. The lowest BCUT2D eigenvalue weighted by Gasteiger charge is -2.27. The fourth-order valence-corrected chi connectivity index (χ4v) is 1.96. The number of carboxylic acids is 1. The highest BCUT2D eigenvalue weighted by molar-refractivity contribution is 5.70. The highest BCUT2D eigenvalue weighted by Gasteiger charge is 2.27. The highest BCUT2D eigenvalue weighted by Crippen LogP contribution is 2.24. The molecule has 1 fully saturated rings. The fraction of sp³-hybridized carbons (Fsp3) is 0.889. The maximum absolute atomic E-state index is 10.8. The lowest BCUT2D eigenvalue weighted by Crippen LogP contribution is -2.34. The average molecular weight is 171 g/mol. The zero-order valence-electron chi connectivity index (χ0n) is 7.55. The van der Waals surface area contributed by atoms with Crippen molar-refractivity contribution in [2.75, 3.05) is 13.1 Å². The Labute approximate surface area is 73.2 Å². The molecule has 3 heteroatoms. The summed E-state index contributed by atoms with van der Waals surface area (Å²) in [6.45, 7) is 3.92. The van der Waals surface area contributed by atoms with Gasteiger partial charge in [-0.2, -0.15) is 0 Å². The smallest absolute Gasteiger partial charge is 0.306 e. The molecule has 0 aromatic heterocycles. The van der Waals surface area contributed by atoms with Crippen LogP contribution in [-0.4, -0.2) is 24.2 Å². The third-order valence-electron chi connectivity index (χ3n) is 2.71. The number of aliphatic carboxylic acids is 1. The Morgan fingerprint density at radius 2 is 2.17 bits per heavy atom. The van der Waals surface area contributed by atoms with Gasteiger partial charge in [-0.1, -0.05) is 6.92 Å². The van der Waals surface area contributed by atoms with E-state index in [1.807, 2.05) is 6.92 Å². The van der Waals surface area contributed by atoms with Gasteiger partial charge in [0.05, 0.1) is 5.92 Å². The molecule has 1 atom stereocenters. The predicted molar refractivity (Wildman–Crippen MR) is 47.0 cm³/mol. The number of carboxylic acid groups (broad SMARTS) is 1. The molecule has 1 heterocycles. The van der Waals surface area contributed by atoms with E-state index in [1.165, 1.54) is 0 Å². The Bertz CT molecular complexity index is 153. The van der Waals surface area contributed by atoms with E-state index in [0.717, 1.165) is 32.4 Å². The van der Waals surface area contributed by atoms with Crippen LogP contribution in [0.15, 0.2) is 0 Å². The number of piperidine rings is 1. The van der Waals surface area contributed by atoms with Gasteiger partial charge in [0.15, 0.2) is 0 Å². The lowest BCUT2D eigenvalue weighted by atomic mass is 9.83. The van der Waals surface area contributed by atoms with Crippen LogP contribution in [-0.2, 0) is 4.79 Å². The van der Waals surface area contributed by atoms with Crippen LogP contribution in [0.2, 0.25) is 0 Å². The van der Waals surface area contributed by atoms with Crippen molar-refractivity contribution in [2.45, 2.75) is 26.2 Å². The van der Waals surface area contributed by atoms with Crippen LogP contribution in [0.3, 0.4) is 0 Å². The zero-order valence-corrected chi connectivity index (χ0v) is 7.55. The van der Waals surface area contributed by atoms with Crippen LogP contribution in [0.25, 0.3) is 0 Å². The number of rotatable bonds is 3. The van der Waals surface area contributed by atoms with Gasteiger partial charge in [0, 0.05) is 0 Å². The van der Waals surface area contributed by atoms with Gasteiger partial charge in [0.1, 0.15) is 0 Å². The van der Waals surface area contributed by atoms with Crippen molar-refractivity contribution in [1.29, 1.82) is 0 Å². The molecule has 1 aliphatic rings. The van der Waals surface area contributed by atoms with Crippen LogP contribution in [0, 0.1) is 11.8 Å². The first-order chi connectivity index (χ1) is 5.75. The van der Waals surface area contributed by atoms with Gasteiger partial charge in [-0.05, 0) is 38.3 Å². The highest BCUT2D eigenvalue weighted by atomic mass is 16.4. The van der Waals surface area contributed by atoms with Crippen molar-refractivity contribution < 1.29 is 9.90 Å². The Hall–Kier alpha value is -0.570. The molecule has 0 unspecified atom stereocenters. The molecule has 0 aromatic rings. The van der Waals surface area contributed by atoms with Gasteiger partial charge < -0.3 is 10.4 Å². The van der Waals surface area contributed by atoms with Crippen LogP contribution < -0.4 is 5.32 Å². The summed E-state index contributed by atoms with van der Waals surface area (Å²) >= 11 is 0. The first-order valence-electron chi connectivity index (χ1n) is 4.69. The summed E-state index contributed by atoms with van der Waals surface area (Å²) in [6, 6.07) is 0. The van der Waals surface area contributed by atoms with Crippen LogP contribution in [0.5, 0.6) is 0 Å². The Morgan fingerprint density at radius 1 is 1.58 bits per heavy atom. The zero-order chi connectivity index (χ0) is 8.97. The molecule has 70 valence electrons. The quantitative estimate of drug-likeness (QED) is 0.668. The summed E-state index contributed by atoms with van der Waals surface area (Å²) in [5.74, 6) is -0.342. The average Bonchev–Trinajstić information content (AvgIpc) is 2.07. The second kappa shape index (κ2) is 4.45. The fourth-order valence-electron chi connectivity index (χ4n) is 1.96. The van der Waals surface area contributed by atoms with Crippen LogP contribution >= 0.6 is 0 Å². The summed E-state index contributed by atoms with van der Waals surface area (Å²) < 4.78 is 0. The molecule has 0 radical (unpaired) electrons. The molecular formula is C9H17NO2. The Morgan fingerprint density at radius 3 is 2.58 bits per heavy atom. The van der Waals surface area contributed by atoms with E-state index in [-0.39, 0.29) is 5.92 Å². The first-order valence-corrected chi connectivity index (χ1v) is 4.69. The van der Waals surface area contributed by atoms with Gasteiger partial charge in [0.2, 0.25) is 0 Å². The second-order valence-electron chi connectivity index (χ2n) is 3.44. The number of nitrogens with one attached hydrogen (secondary N) is 1. The standard InChI is InChI=1S/C9H17NO2/c1-2-8(9(11)12)7-3-5-10-6-4-7/h7-8,10H,2-6H2,1H3,(H,11,12)/t8-/m1/s1. The molecule has 0 spiro atoms. The lowest BCUT2D eigenvalue weighted by molar-refractivity contribution is -0.144. The molecule has 0 aliphatic carbocycles. The van der Waals surface area contributed by atoms with Crippen molar-refractivity contribution in [1.82, 2.24) is 5.32 Å². The third kappa shape index (κ3) is 2.21. The minimum absolute atomic E-state index is 0.118. The molecule has 0 saturated carbocycles. The van der Waals surface area contributed by atoms with Crippen LogP contribution in [0.1, 0.15) is 26.2 Å². The number of carbonyl (C=O) groups is 1. The normalized spacial score (nSPS) is 22.1. The minimum atomic E-state index is -0.621. The monoisotopic (exact) mass is 171 g/mol. The maximum Gasteiger partial charge on any atom is 0.306 e. The second-order valence-corrected chi connectivity index (χ2v) is 3.44. The van der Waals surface area contributed by atoms with Crippen molar-refractivity contribution in [3.8, 4) is 0 Å². The van der Waals surface area contributed by atoms with E-state index in [9.17, 15) is 4.79 Å². The van der Waals surface area contributed by atoms with Crippen molar-refractivity contribution in [3.63, 3.8) is 0 Å². The van der Waals surface area contributed by atoms with E-state index < -0.39 is 5.97 Å². The Balaban J connectivity index is 2.46. The molecule has 0 amide bonds. The van der Waals surface area contributed by atoms with E-state index in [0.29, 0.717) is 5.92 Å². The first kappa shape index (κ1) is 9.52. The molecule has 1 rings (SSSR count). The van der Waals surface area contributed by atoms with Gasteiger partial charge in [0.25, 0.3) is 0 Å². The number of hydrogen-bond acceptors (Lipinski definition) is 2. The van der Waals surface area contributed by atoms with Gasteiger partial charge in [-0.15, -0.1) is 0 Å². The summed E-state index contributed by atoms with van der Waals surface area (Å²) in [6.07, 6.45) is 2.80. The number of hydrogen-bond donors (Lipinski definition) is 2. The van der Waals surface area contributed by atoms with E-state index in [4.69, 9.17) is 5.11 Å². The van der Waals surface area contributed by atoms with Gasteiger partial charge >= 0.3 is 5.97 Å². The molecule has 0 aromatic carbocycles. The molecule has 0 bridgehead atoms. The van der Waals surface area contributed by atoms with Gasteiger partial charge in [-0.25, -0.2) is 0 Å². The molecule has 1 aliphatic heterocycles. The van der Waals surface area contributed by atoms with E-state index in [2.05, 4.69) is 5.32 Å². The third-order valence-corrected chi connectivity index (χ3v) is 2.71. The maximum atomic E-state index is 10.8. The van der Waals surface area contributed by atoms with Crippen molar-refractivity contribution >= 4 is 5.97 Å². The minimum Gasteiger partial charge on any atom is -0.481 e. The molecule has 2 N–H and O–H groups in total. The molecule has 12 heavy (non-hydrogen) atoms. The van der Waals surface area contributed by atoms with Gasteiger partial charge in [-0.3, -0.25) is 4.79 Å². The largest absolute Gasteiger partial charge is 0.481 e. The topological polar surface area (TPSA) is 49.3 Å². The molecule has 1 saturated heterocycles. The van der Waals surface area contributed by atoms with Crippen molar-refractivity contribution in [2.24, 2.45) is 11.8 Å². The van der Waals surface area contributed by atoms with Crippen molar-refractivity contribution in [3.05, 3.63) is 0 Å². The molecular weight excluding hydrogens is 154 g/mol. The summed E-state index contributed by atoms with van der Waals surface area (Å²) in [7, 11) is 0. The van der Waals surface area contributed by atoms with E-state index in [1.54, 1.807) is 0 Å². The summed E-state index contributed by atoms with van der Waals surface area (Å²) in [5, 5.41) is 12.1. The van der Waals surface area contributed by atoms with E-state index >= 15 is 0 Å². The summed E-state index contributed by atoms with van der Waals surface area (Å²) in [5.41, 5.74) is 0. The Kier molecular flexibility index (Phi) is 3.53.